The molecule has 0 radical (unpaired) electrons. The van der Waals surface area contributed by atoms with Crippen molar-refractivity contribution in [3.63, 3.8) is 0 Å². The molecule has 1 aliphatic rings. The second-order valence-corrected chi connectivity index (χ2v) is 2.89. The van der Waals surface area contributed by atoms with E-state index in [4.69, 9.17) is 10.00 Å². The number of morpholine rings is 1. The molecule has 0 aromatic rings. The Morgan fingerprint density at radius 1 is 1.73 bits per heavy atom. The third kappa shape index (κ3) is 2.87. The van der Waals surface area contributed by atoms with Gasteiger partial charge in [-0.05, 0) is 6.92 Å². The SMILES string of the molecule is CC1CN(CCC#N)CCO1. The summed E-state index contributed by atoms with van der Waals surface area (Å²) in [5.41, 5.74) is 0. The van der Waals surface area contributed by atoms with Crippen molar-refractivity contribution < 1.29 is 4.74 Å². The van der Waals surface area contributed by atoms with Crippen molar-refractivity contribution in [2.24, 2.45) is 0 Å². The van der Waals surface area contributed by atoms with Gasteiger partial charge < -0.3 is 4.74 Å². The standard InChI is InChI=1S/C8H14N2O/c1-8-7-10(4-2-3-9)5-6-11-8/h8H,2,4-7H2,1H3. The third-order valence-electron chi connectivity index (χ3n) is 1.87. The fourth-order valence-electron chi connectivity index (χ4n) is 1.30. The van der Waals surface area contributed by atoms with E-state index in [9.17, 15) is 0 Å². The van der Waals surface area contributed by atoms with Gasteiger partial charge in [-0.3, -0.25) is 4.90 Å². The van der Waals surface area contributed by atoms with Gasteiger partial charge in [0, 0.05) is 26.1 Å². The van der Waals surface area contributed by atoms with Gasteiger partial charge >= 0.3 is 0 Å². The Labute approximate surface area is 67.6 Å². The van der Waals surface area contributed by atoms with Crippen LogP contribution in [-0.4, -0.2) is 37.2 Å². The highest BCUT2D eigenvalue weighted by Gasteiger charge is 2.15. The Kier molecular flexibility index (Phi) is 3.34. The number of hydrogen-bond acceptors (Lipinski definition) is 3. The van der Waals surface area contributed by atoms with E-state index in [1.807, 2.05) is 0 Å². The summed E-state index contributed by atoms with van der Waals surface area (Å²) in [6.45, 7) is 5.73. The van der Waals surface area contributed by atoms with Crippen molar-refractivity contribution in [2.45, 2.75) is 19.4 Å². The quantitative estimate of drug-likeness (QED) is 0.585. The molecule has 11 heavy (non-hydrogen) atoms. The van der Waals surface area contributed by atoms with Crippen LogP contribution in [0.1, 0.15) is 13.3 Å². The number of rotatable bonds is 2. The van der Waals surface area contributed by atoms with Crippen LogP contribution in [0.2, 0.25) is 0 Å². The van der Waals surface area contributed by atoms with Crippen molar-refractivity contribution in [1.29, 1.82) is 5.26 Å². The number of hydrogen-bond donors (Lipinski definition) is 0. The summed E-state index contributed by atoms with van der Waals surface area (Å²) in [6, 6.07) is 2.15. The lowest BCUT2D eigenvalue weighted by Gasteiger charge is -2.30. The van der Waals surface area contributed by atoms with Gasteiger partial charge in [0.2, 0.25) is 0 Å². The van der Waals surface area contributed by atoms with E-state index in [0.29, 0.717) is 12.5 Å². The number of ether oxygens (including phenoxy) is 1. The molecule has 0 bridgehead atoms. The average Bonchev–Trinajstić information content (AvgIpc) is 2.01. The smallest absolute Gasteiger partial charge is 0.0674 e. The van der Waals surface area contributed by atoms with Crippen LogP contribution >= 0.6 is 0 Å². The molecule has 0 spiro atoms. The highest BCUT2D eigenvalue weighted by Crippen LogP contribution is 2.03. The first kappa shape index (κ1) is 8.51. The fourth-order valence-corrected chi connectivity index (χ4v) is 1.30. The molecule has 0 aromatic carbocycles. The molecule has 0 aromatic heterocycles. The van der Waals surface area contributed by atoms with E-state index in [-0.39, 0.29) is 0 Å². The maximum atomic E-state index is 8.35. The van der Waals surface area contributed by atoms with E-state index in [0.717, 1.165) is 26.2 Å². The van der Waals surface area contributed by atoms with Gasteiger partial charge in [-0.25, -0.2) is 0 Å². The van der Waals surface area contributed by atoms with E-state index < -0.39 is 0 Å². The predicted octanol–water partition coefficient (Wildman–Crippen LogP) is 0.621. The van der Waals surface area contributed by atoms with Crippen molar-refractivity contribution in [2.75, 3.05) is 26.2 Å². The molecule has 1 unspecified atom stereocenters. The Hall–Kier alpha value is -0.590. The first-order chi connectivity index (χ1) is 5.33. The minimum atomic E-state index is 0.336. The zero-order valence-electron chi connectivity index (χ0n) is 6.92. The lowest BCUT2D eigenvalue weighted by Crippen LogP contribution is -2.41. The van der Waals surface area contributed by atoms with Gasteiger partial charge in [0.15, 0.2) is 0 Å². The molecule has 0 aliphatic carbocycles. The van der Waals surface area contributed by atoms with E-state index in [1.165, 1.54) is 0 Å². The predicted molar refractivity (Wildman–Crippen MR) is 42.1 cm³/mol. The van der Waals surface area contributed by atoms with Gasteiger partial charge in [-0.15, -0.1) is 0 Å². The van der Waals surface area contributed by atoms with Crippen LogP contribution in [-0.2, 0) is 4.74 Å². The van der Waals surface area contributed by atoms with Crippen LogP contribution in [0.4, 0.5) is 0 Å². The molecule has 0 saturated carbocycles. The zero-order valence-corrected chi connectivity index (χ0v) is 6.92. The zero-order chi connectivity index (χ0) is 8.10. The fraction of sp³-hybridized carbons (Fsp3) is 0.875. The minimum absolute atomic E-state index is 0.336. The first-order valence-corrected chi connectivity index (χ1v) is 4.04. The largest absolute Gasteiger partial charge is 0.376 e. The highest BCUT2D eigenvalue weighted by molar-refractivity contribution is 4.75. The average molecular weight is 154 g/mol. The maximum absolute atomic E-state index is 8.35. The Balaban J connectivity index is 2.18. The van der Waals surface area contributed by atoms with Crippen LogP contribution in [0.3, 0.4) is 0 Å². The second-order valence-electron chi connectivity index (χ2n) is 2.89. The molecular weight excluding hydrogens is 140 g/mol. The van der Waals surface area contributed by atoms with Gasteiger partial charge in [-0.2, -0.15) is 5.26 Å². The van der Waals surface area contributed by atoms with Crippen LogP contribution < -0.4 is 0 Å². The molecule has 3 heteroatoms. The van der Waals surface area contributed by atoms with E-state index >= 15 is 0 Å². The summed E-state index contributed by atoms with van der Waals surface area (Å²) >= 11 is 0. The maximum Gasteiger partial charge on any atom is 0.0674 e. The summed E-state index contributed by atoms with van der Waals surface area (Å²) in [7, 11) is 0. The van der Waals surface area contributed by atoms with Crippen molar-refractivity contribution in [1.82, 2.24) is 4.90 Å². The summed E-state index contributed by atoms with van der Waals surface area (Å²) in [5.74, 6) is 0. The molecule has 1 rings (SSSR count). The Bertz CT molecular complexity index is 153. The first-order valence-electron chi connectivity index (χ1n) is 4.04. The molecule has 1 heterocycles. The molecule has 1 saturated heterocycles. The summed E-state index contributed by atoms with van der Waals surface area (Å²) in [6.07, 6.45) is 0.967. The molecule has 0 N–H and O–H groups in total. The molecule has 3 nitrogen and oxygen atoms in total. The molecule has 1 aliphatic heterocycles. The lowest BCUT2D eigenvalue weighted by atomic mass is 10.3. The monoisotopic (exact) mass is 154 g/mol. The van der Waals surface area contributed by atoms with Crippen LogP contribution in [0, 0.1) is 11.3 Å². The van der Waals surface area contributed by atoms with Gasteiger partial charge in [0.25, 0.3) is 0 Å². The van der Waals surface area contributed by atoms with Crippen LogP contribution in [0.25, 0.3) is 0 Å². The van der Waals surface area contributed by atoms with Crippen LogP contribution in [0.15, 0.2) is 0 Å². The van der Waals surface area contributed by atoms with Crippen molar-refractivity contribution in [3.05, 3.63) is 0 Å². The minimum Gasteiger partial charge on any atom is -0.376 e. The van der Waals surface area contributed by atoms with E-state index in [2.05, 4.69) is 17.9 Å². The summed E-state index contributed by atoms with van der Waals surface area (Å²) in [4.78, 5) is 2.28. The normalized spacial score (nSPS) is 26.4. The number of nitriles is 1. The van der Waals surface area contributed by atoms with Crippen molar-refractivity contribution >= 4 is 0 Å². The van der Waals surface area contributed by atoms with Gasteiger partial charge in [-0.1, -0.05) is 0 Å². The summed E-state index contributed by atoms with van der Waals surface area (Å²) < 4.78 is 5.36. The summed E-state index contributed by atoms with van der Waals surface area (Å²) in [5, 5.41) is 8.35. The molecule has 0 amide bonds. The van der Waals surface area contributed by atoms with Gasteiger partial charge in [0.1, 0.15) is 0 Å². The van der Waals surface area contributed by atoms with Crippen molar-refractivity contribution in [3.8, 4) is 6.07 Å². The molecule has 62 valence electrons. The topological polar surface area (TPSA) is 36.3 Å². The Morgan fingerprint density at radius 2 is 2.55 bits per heavy atom. The number of nitrogens with zero attached hydrogens (tertiary/aromatic N) is 2. The molecule has 1 atom stereocenters. The van der Waals surface area contributed by atoms with Crippen LogP contribution in [0.5, 0.6) is 0 Å². The Morgan fingerprint density at radius 3 is 3.18 bits per heavy atom. The molecular formula is C8H14N2O. The van der Waals surface area contributed by atoms with E-state index in [1.54, 1.807) is 0 Å². The highest BCUT2D eigenvalue weighted by atomic mass is 16.5. The second kappa shape index (κ2) is 4.32. The third-order valence-corrected chi connectivity index (χ3v) is 1.87. The lowest BCUT2D eigenvalue weighted by molar-refractivity contribution is -0.0173. The van der Waals surface area contributed by atoms with Gasteiger partial charge in [0.05, 0.1) is 18.8 Å². The molecule has 1 fully saturated rings.